The number of hydrogen-bond donors (Lipinski definition) is 1. The molecule has 0 aliphatic heterocycles. The molecule has 0 radical (unpaired) electrons. The first-order valence-electron chi connectivity index (χ1n) is 2.54. The third kappa shape index (κ3) is 2.27. The van der Waals surface area contributed by atoms with Crippen LogP contribution in [0.15, 0.2) is 9.98 Å². The van der Waals surface area contributed by atoms with E-state index < -0.39 is 0 Å². The minimum atomic E-state index is 0.875. The second-order valence-corrected chi connectivity index (χ2v) is 4.47. The molecule has 1 aromatic heterocycles. The summed E-state index contributed by atoms with van der Waals surface area (Å²) >= 11 is 9.09. The van der Waals surface area contributed by atoms with Gasteiger partial charge in [0, 0.05) is 6.42 Å². The van der Waals surface area contributed by atoms with Crippen molar-refractivity contribution >= 4 is 39.9 Å². The van der Waals surface area contributed by atoms with Crippen molar-refractivity contribution in [1.82, 2.24) is 4.98 Å². The Labute approximate surface area is 72.0 Å². The standard InChI is InChI=1S/C5H6BrNS2/c6-4-3-7-5(9-4)1-2-8/h3,8H,1-2H2. The van der Waals surface area contributed by atoms with Crippen molar-refractivity contribution in [3.8, 4) is 0 Å². The molecule has 1 nitrogen and oxygen atoms in total. The Balaban J connectivity index is 2.61. The van der Waals surface area contributed by atoms with Gasteiger partial charge in [-0.15, -0.1) is 11.3 Å². The summed E-state index contributed by atoms with van der Waals surface area (Å²) in [4.78, 5) is 4.13. The molecule has 4 heteroatoms. The number of halogens is 1. The molecule has 0 amide bonds. The van der Waals surface area contributed by atoms with E-state index in [9.17, 15) is 0 Å². The maximum atomic E-state index is 4.13. The lowest BCUT2D eigenvalue weighted by atomic mass is 10.5. The number of nitrogens with zero attached hydrogens (tertiary/aromatic N) is 1. The Morgan fingerprint density at radius 2 is 2.56 bits per heavy atom. The van der Waals surface area contributed by atoms with E-state index in [2.05, 4.69) is 33.5 Å². The van der Waals surface area contributed by atoms with Crippen molar-refractivity contribution in [2.45, 2.75) is 6.42 Å². The fraction of sp³-hybridized carbons (Fsp3) is 0.400. The second-order valence-electron chi connectivity index (χ2n) is 1.53. The fourth-order valence-corrected chi connectivity index (χ4v) is 2.17. The smallest absolute Gasteiger partial charge is 0.0944 e. The molecular weight excluding hydrogens is 218 g/mol. The van der Waals surface area contributed by atoms with E-state index in [4.69, 9.17) is 0 Å². The summed E-state index contributed by atoms with van der Waals surface area (Å²) in [6.45, 7) is 0. The van der Waals surface area contributed by atoms with Crippen molar-refractivity contribution in [2.75, 3.05) is 5.75 Å². The van der Waals surface area contributed by atoms with Crippen molar-refractivity contribution in [3.63, 3.8) is 0 Å². The van der Waals surface area contributed by atoms with Crippen molar-refractivity contribution < 1.29 is 0 Å². The predicted octanol–water partition coefficient (Wildman–Crippen LogP) is 2.38. The molecule has 9 heavy (non-hydrogen) atoms. The molecule has 0 spiro atoms. The molecule has 1 rings (SSSR count). The van der Waals surface area contributed by atoms with Gasteiger partial charge in [0.1, 0.15) is 0 Å². The van der Waals surface area contributed by atoms with Crippen molar-refractivity contribution in [3.05, 3.63) is 15.0 Å². The van der Waals surface area contributed by atoms with Crippen LogP contribution in [0.2, 0.25) is 0 Å². The van der Waals surface area contributed by atoms with Crippen LogP contribution in [-0.4, -0.2) is 10.7 Å². The Morgan fingerprint density at radius 3 is 3.00 bits per heavy atom. The monoisotopic (exact) mass is 223 g/mol. The maximum Gasteiger partial charge on any atom is 0.0944 e. The van der Waals surface area contributed by atoms with Gasteiger partial charge in [0.25, 0.3) is 0 Å². The minimum Gasteiger partial charge on any atom is -0.248 e. The van der Waals surface area contributed by atoms with E-state index in [0.29, 0.717) is 0 Å². The molecule has 0 unspecified atom stereocenters. The SMILES string of the molecule is SCCc1ncc(Br)s1. The molecule has 0 bridgehead atoms. The number of thiol groups is 1. The average Bonchev–Trinajstić information content (AvgIpc) is 2.17. The summed E-state index contributed by atoms with van der Waals surface area (Å²) < 4.78 is 1.10. The molecule has 0 saturated carbocycles. The van der Waals surface area contributed by atoms with Crippen molar-refractivity contribution in [1.29, 1.82) is 0 Å². The van der Waals surface area contributed by atoms with Crippen LogP contribution in [0, 0.1) is 0 Å². The third-order valence-electron chi connectivity index (χ3n) is 0.851. The van der Waals surface area contributed by atoms with Crippen LogP contribution in [0.4, 0.5) is 0 Å². The Bertz CT molecular complexity index is 187. The lowest BCUT2D eigenvalue weighted by Crippen LogP contribution is -1.81. The zero-order chi connectivity index (χ0) is 6.69. The summed E-state index contributed by atoms with van der Waals surface area (Å²) in [5, 5.41) is 1.15. The lowest BCUT2D eigenvalue weighted by Gasteiger charge is -1.84. The average molecular weight is 224 g/mol. The van der Waals surface area contributed by atoms with Gasteiger partial charge in [-0.05, 0) is 21.7 Å². The molecule has 1 aromatic rings. The topological polar surface area (TPSA) is 12.9 Å². The summed E-state index contributed by atoms with van der Waals surface area (Å²) in [5.74, 6) is 0.875. The zero-order valence-electron chi connectivity index (χ0n) is 4.67. The Kier molecular flexibility index (Phi) is 3.01. The first-order chi connectivity index (χ1) is 4.33. The third-order valence-corrected chi connectivity index (χ3v) is 2.61. The lowest BCUT2D eigenvalue weighted by molar-refractivity contribution is 1.11. The van der Waals surface area contributed by atoms with E-state index in [1.807, 2.05) is 6.20 Å². The first kappa shape index (κ1) is 7.57. The van der Waals surface area contributed by atoms with Crippen LogP contribution in [0.5, 0.6) is 0 Å². The second kappa shape index (κ2) is 3.58. The van der Waals surface area contributed by atoms with Crippen LogP contribution in [0.3, 0.4) is 0 Å². The number of rotatable bonds is 2. The summed E-state index contributed by atoms with van der Waals surface area (Å²) in [5.41, 5.74) is 0. The van der Waals surface area contributed by atoms with Gasteiger partial charge in [-0.1, -0.05) is 0 Å². The molecule has 1 heterocycles. The van der Waals surface area contributed by atoms with Gasteiger partial charge in [-0.25, -0.2) is 4.98 Å². The van der Waals surface area contributed by atoms with Crippen LogP contribution >= 0.6 is 39.9 Å². The van der Waals surface area contributed by atoms with Crippen molar-refractivity contribution in [2.24, 2.45) is 0 Å². The van der Waals surface area contributed by atoms with Gasteiger partial charge in [0.05, 0.1) is 15.0 Å². The number of aryl methyl sites for hydroxylation is 1. The largest absolute Gasteiger partial charge is 0.248 e. The van der Waals surface area contributed by atoms with Gasteiger partial charge < -0.3 is 0 Å². The summed E-state index contributed by atoms with van der Waals surface area (Å²) in [6.07, 6.45) is 2.79. The minimum absolute atomic E-state index is 0.875. The molecule has 0 aromatic carbocycles. The van der Waals surface area contributed by atoms with Crippen LogP contribution < -0.4 is 0 Å². The first-order valence-corrected chi connectivity index (χ1v) is 4.78. The van der Waals surface area contributed by atoms with E-state index in [0.717, 1.165) is 21.0 Å². The molecule has 50 valence electrons. The Morgan fingerprint density at radius 1 is 1.78 bits per heavy atom. The highest BCUT2D eigenvalue weighted by molar-refractivity contribution is 9.11. The highest BCUT2D eigenvalue weighted by atomic mass is 79.9. The summed E-state index contributed by atoms with van der Waals surface area (Å²) in [6, 6.07) is 0. The normalized spacial score (nSPS) is 10.0. The van der Waals surface area contributed by atoms with Crippen LogP contribution in [0.1, 0.15) is 5.01 Å². The maximum absolute atomic E-state index is 4.13. The van der Waals surface area contributed by atoms with Gasteiger partial charge in [-0.2, -0.15) is 12.6 Å². The van der Waals surface area contributed by atoms with Gasteiger partial charge in [-0.3, -0.25) is 0 Å². The molecular formula is C5H6BrNS2. The number of thiazole rings is 1. The highest BCUT2D eigenvalue weighted by Crippen LogP contribution is 2.19. The van der Waals surface area contributed by atoms with Gasteiger partial charge in [0.15, 0.2) is 0 Å². The quantitative estimate of drug-likeness (QED) is 0.761. The number of aromatic nitrogens is 1. The number of hydrogen-bond acceptors (Lipinski definition) is 3. The van der Waals surface area contributed by atoms with E-state index in [1.54, 1.807) is 11.3 Å². The van der Waals surface area contributed by atoms with E-state index in [1.165, 1.54) is 0 Å². The predicted molar refractivity (Wildman–Crippen MR) is 47.4 cm³/mol. The molecule has 0 N–H and O–H groups in total. The Hall–Kier alpha value is 0.460. The van der Waals surface area contributed by atoms with E-state index in [-0.39, 0.29) is 0 Å². The highest BCUT2D eigenvalue weighted by Gasteiger charge is 1.95. The van der Waals surface area contributed by atoms with Gasteiger partial charge in [0.2, 0.25) is 0 Å². The molecule has 0 fully saturated rings. The van der Waals surface area contributed by atoms with E-state index >= 15 is 0 Å². The molecule has 0 saturated heterocycles. The molecule has 0 atom stereocenters. The van der Waals surface area contributed by atoms with Crippen LogP contribution in [-0.2, 0) is 6.42 Å². The fourth-order valence-electron chi connectivity index (χ4n) is 0.499. The van der Waals surface area contributed by atoms with Crippen LogP contribution in [0.25, 0.3) is 0 Å². The summed E-state index contributed by atoms with van der Waals surface area (Å²) in [7, 11) is 0. The van der Waals surface area contributed by atoms with Gasteiger partial charge >= 0.3 is 0 Å². The zero-order valence-corrected chi connectivity index (χ0v) is 7.97. The molecule has 0 aliphatic carbocycles. The molecule has 0 aliphatic rings.